The van der Waals surface area contributed by atoms with E-state index in [1.165, 1.54) is 12.8 Å². The minimum atomic E-state index is -0.107. The van der Waals surface area contributed by atoms with E-state index in [4.69, 9.17) is 4.74 Å². The molecule has 1 saturated heterocycles. The van der Waals surface area contributed by atoms with Crippen LogP contribution in [0.1, 0.15) is 67.4 Å². The van der Waals surface area contributed by atoms with Gasteiger partial charge in [0.05, 0.1) is 18.3 Å². The van der Waals surface area contributed by atoms with E-state index in [9.17, 15) is 4.79 Å². The summed E-state index contributed by atoms with van der Waals surface area (Å²) in [7, 11) is 1.87. The van der Waals surface area contributed by atoms with Crippen LogP contribution < -0.4 is 0 Å². The molecular formula is C22H29N3O2. The van der Waals surface area contributed by atoms with E-state index in [1.54, 1.807) is 4.68 Å². The van der Waals surface area contributed by atoms with Gasteiger partial charge in [0.25, 0.3) is 5.91 Å². The van der Waals surface area contributed by atoms with Crippen LogP contribution in [0.15, 0.2) is 36.4 Å². The minimum absolute atomic E-state index is 0.0171. The zero-order valence-electron chi connectivity index (χ0n) is 16.7. The lowest BCUT2D eigenvalue weighted by molar-refractivity contribution is -0.119. The number of carbonyl (C=O) groups excluding carboxylic acids is 1. The highest BCUT2D eigenvalue weighted by atomic mass is 16.5. The zero-order valence-corrected chi connectivity index (χ0v) is 16.7. The van der Waals surface area contributed by atoms with Crippen LogP contribution in [-0.4, -0.2) is 39.8 Å². The van der Waals surface area contributed by atoms with Crippen molar-refractivity contribution in [3.05, 3.63) is 53.3 Å². The Morgan fingerprint density at radius 3 is 2.48 bits per heavy atom. The first kappa shape index (κ1) is 18.2. The van der Waals surface area contributed by atoms with Crippen LogP contribution in [0.5, 0.6) is 0 Å². The van der Waals surface area contributed by atoms with E-state index in [2.05, 4.69) is 38.0 Å². The van der Waals surface area contributed by atoms with Gasteiger partial charge in [-0.2, -0.15) is 5.10 Å². The lowest BCUT2D eigenvalue weighted by atomic mass is 9.87. The second-order valence-corrected chi connectivity index (χ2v) is 8.95. The van der Waals surface area contributed by atoms with Crippen molar-refractivity contribution in [3.63, 3.8) is 0 Å². The predicted octanol–water partition coefficient (Wildman–Crippen LogP) is 3.93. The molecule has 0 N–H and O–H groups in total. The third-order valence-electron chi connectivity index (χ3n) is 5.64. The summed E-state index contributed by atoms with van der Waals surface area (Å²) in [6.07, 6.45) is 2.25. The fourth-order valence-electron chi connectivity index (χ4n) is 3.68. The quantitative estimate of drug-likeness (QED) is 0.826. The Bertz CT molecular complexity index is 818. The molecular weight excluding hydrogens is 338 g/mol. The van der Waals surface area contributed by atoms with Crippen molar-refractivity contribution in [2.45, 2.75) is 51.7 Å². The van der Waals surface area contributed by atoms with Crippen molar-refractivity contribution in [1.82, 2.24) is 14.7 Å². The molecule has 0 spiro atoms. The number of hydrogen-bond donors (Lipinski definition) is 0. The summed E-state index contributed by atoms with van der Waals surface area (Å²) in [5.41, 5.74) is 2.81. The van der Waals surface area contributed by atoms with Gasteiger partial charge in [-0.25, -0.2) is 0 Å². The van der Waals surface area contributed by atoms with Crippen molar-refractivity contribution in [1.29, 1.82) is 0 Å². The summed E-state index contributed by atoms with van der Waals surface area (Å²) in [5.74, 6) is 0.595. The maximum Gasteiger partial charge on any atom is 0.272 e. The number of ether oxygens (including phenoxy) is 1. The van der Waals surface area contributed by atoms with Crippen LogP contribution in [0.2, 0.25) is 0 Å². The van der Waals surface area contributed by atoms with E-state index in [1.807, 2.05) is 36.2 Å². The first-order valence-electron chi connectivity index (χ1n) is 9.86. The normalized spacial score (nSPS) is 23.5. The fourth-order valence-corrected chi connectivity index (χ4v) is 3.68. The van der Waals surface area contributed by atoms with E-state index in [-0.39, 0.29) is 23.5 Å². The van der Waals surface area contributed by atoms with Gasteiger partial charge in [-0.3, -0.25) is 9.48 Å². The van der Waals surface area contributed by atoms with Crippen molar-refractivity contribution < 1.29 is 9.53 Å². The molecule has 0 bridgehead atoms. The number of carbonyl (C=O) groups is 1. The third-order valence-corrected chi connectivity index (χ3v) is 5.64. The first-order chi connectivity index (χ1) is 12.8. The largest absolute Gasteiger partial charge is 0.366 e. The molecule has 5 nitrogen and oxygen atoms in total. The average molecular weight is 367 g/mol. The molecule has 5 heteroatoms. The molecule has 1 amide bonds. The molecule has 0 unspecified atom stereocenters. The highest BCUT2D eigenvalue weighted by molar-refractivity contribution is 5.93. The van der Waals surface area contributed by atoms with Crippen molar-refractivity contribution >= 4 is 5.91 Å². The van der Waals surface area contributed by atoms with E-state index < -0.39 is 0 Å². The van der Waals surface area contributed by atoms with Gasteiger partial charge in [-0.1, -0.05) is 51.1 Å². The lowest BCUT2D eigenvalue weighted by Gasteiger charge is -2.43. The number of nitrogens with zero attached hydrogens (tertiary/aromatic N) is 3. The summed E-state index contributed by atoms with van der Waals surface area (Å²) in [6, 6.07) is 12.2. The number of morpholine rings is 1. The van der Waals surface area contributed by atoms with Gasteiger partial charge in [0.2, 0.25) is 0 Å². The Morgan fingerprint density at radius 2 is 1.85 bits per heavy atom. The lowest BCUT2D eigenvalue weighted by Crippen LogP contribution is -2.51. The number of benzene rings is 1. The SMILES string of the molecule is Cn1nc(C2CC2)cc1C(=O)N1C[C@@H](c2ccccc2)O[C@@H](C(C)(C)C)C1. The molecule has 1 aliphatic heterocycles. The van der Waals surface area contributed by atoms with Crippen LogP contribution in [0.3, 0.4) is 0 Å². The predicted molar refractivity (Wildman–Crippen MR) is 105 cm³/mol. The molecule has 2 heterocycles. The maximum absolute atomic E-state index is 13.3. The van der Waals surface area contributed by atoms with Crippen molar-refractivity contribution in [3.8, 4) is 0 Å². The van der Waals surface area contributed by atoms with Crippen LogP contribution in [0, 0.1) is 5.41 Å². The van der Waals surface area contributed by atoms with Crippen molar-refractivity contribution in [2.24, 2.45) is 12.5 Å². The number of aromatic nitrogens is 2. The van der Waals surface area contributed by atoms with Gasteiger partial charge < -0.3 is 9.64 Å². The Balaban J connectivity index is 1.61. The number of amides is 1. The highest BCUT2D eigenvalue weighted by Gasteiger charge is 2.38. The Hall–Kier alpha value is -2.14. The number of hydrogen-bond acceptors (Lipinski definition) is 3. The number of rotatable bonds is 3. The standard InChI is InChI=1S/C22H29N3O2/c1-22(2,3)20-14-25(13-19(27-20)16-8-6-5-7-9-16)21(26)18-12-17(15-10-11-15)23-24(18)4/h5-9,12,15,19-20H,10-11,13-14H2,1-4H3/t19-,20+/m0/s1. The summed E-state index contributed by atoms with van der Waals surface area (Å²) in [6.45, 7) is 7.68. The molecule has 27 heavy (non-hydrogen) atoms. The van der Waals surface area contributed by atoms with Crippen molar-refractivity contribution in [2.75, 3.05) is 13.1 Å². The summed E-state index contributed by atoms with van der Waals surface area (Å²) in [5, 5.41) is 4.57. The molecule has 2 aromatic rings. The minimum Gasteiger partial charge on any atom is -0.366 e. The summed E-state index contributed by atoms with van der Waals surface area (Å²) in [4.78, 5) is 15.3. The molecule has 4 rings (SSSR count). The van der Waals surface area contributed by atoms with Gasteiger partial charge in [0, 0.05) is 19.5 Å². The monoisotopic (exact) mass is 367 g/mol. The molecule has 0 radical (unpaired) electrons. The first-order valence-corrected chi connectivity index (χ1v) is 9.86. The van der Waals surface area contributed by atoms with Crippen LogP contribution in [-0.2, 0) is 11.8 Å². The van der Waals surface area contributed by atoms with Crippen LogP contribution in [0.25, 0.3) is 0 Å². The number of aryl methyl sites for hydroxylation is 1. The molecule has 2 atom stereocenters. The van der Waals surface area contributed by atoms with Crippen LogP contribution in [0.4, 0.5) is 0 Å². The van der Waals surface area contributed by atoms with Gasteiger partial charge >= 0.3 is 0 Å². The Morgan fingerprint density at radius 1 is 1.15 bits per heavy atom. The third kappa shape index (κ3) is 3.79. The topological polar surface area (TPSA) is 47.4 Å². The van der Waals surface area contributed by atoms with E-state index in [0.29, 0.717) is 24.7 Å². The van der Waals surface area contributed by atoms with E-state index in [0.717, 1.165) is 11.3 Å². The molecule has 2 aliphatic rings. The average Bonchev–Trinajstić information content (AvgIpc) is 3.43. The van der Waals surface area contributed by atoms with E-state index >= 15 is 0 Å². The molecule has 144 valence electrons. The molecule has 1 aliphatic carbocycles. The maximum atomic E-state index is 13.3. The highest BCUT2D eigenvalue weighted by Crippen LogP contribution is 2.40. The molecule has 1 aromatic heterocycles. The smallest absolute Gasteiger partial charge is 0.272 e. The second-order valence-electron chi connectivity index (χ2n) is 8.95. The van der Waals surface area contributed by atoms with Gasteiger partial charge in [0.15, 0.2) is 0 Å². The Kier molecular flexibility index (Phi) is 4.58. The molecule has 1 saturated carbocycles. The molecule has 2 fully saturated rings. The second kappa shape index (κ2) is 6.79. The summed E-state index contributed by atoms with van der Waals surface area (Å²) >= 11 is 0. The van der Waals surface area contributed by atoms with Gasteiger partial charge in [-0.05, 0) is 29.9 Å². The Labute approximate surface area is 161 Å². The van der Waals surface area contributed by atoms with Gasteiger partial charge in [0.1, 0.15) is 11.8 Å². The summed E-state index contributed by atoms with van der Waals surface area (Å²) < 4.78 is 8.17. The molecule has 1 aromatic carbocycles. The zero-order chi connectivity index (χ0) is 19.2. The van der Waals surface area contributed by atoms with Gasteiger partial charge in [-0.15, -0.1) is 0 Å². The fraction of sp³-hybridized carbons (Fsp3) is 0.545. The van der Waals surface area contributed by atoms with Crippen LogP contribution >= 0.6 is 0 Å².